The minimum absolute atomic E-state index is 0.0882. The van der Waals surface area contributed by atoms with Crippen molar-refractivity contribution in [1.29, 1.82) is 0 Å². The summed E-state index contributed by atoms with van der Waals surface area (Å²) in [5.74, 6) is 0.0882. The van der Waals surface area contributed by atoms with Crippen molar-refractivity contribution in [2.75, 3.05) is 38.5 Å². The lowest BCUT2D eigenvalue weighted by Crippen LogP contribution is -2.47. The Morgan fingerprint density at radius 3 is 2.45 bits per heavy atom. The van der Waals surface area contributed by atoms with E-state index in [0.29, 0.717) is 5.56 Å². The zero-order valence-corrected chi connectivity index (χ0v) is 12.7. The Morgan fingerprint density at radius 2 is 1.73 bits per heavy atom. The van der Waals surface area contributed by atoms with E-state index in [0.717, 1.165) is 37.6 Å². The van der Waals surface area contributed by atoms with E-state index < -0.39 is 0 Å². The van der Waals surface area contributed by atoms with E-state index in [1.165, 1.54) is 0 Å². The Balaban J connectivity index is 1.80. The molecule has 1 aromatic heterocycles. The maximum atomic E-state index is 12.8. The number of para-hydroxylation sites is 1. The predicted octanol–water partition coefficient (Wildman–Crippen LogP) is 2.21. The third-order valence-electron chi connectivity index (χ3n) is 3.91. The molecular formula is C17H20N4O. The Bertz CT molecular complexity index is 636. The van der Waals surface area contributed by atoms with Crippen LogP contribution in [0.25, 0.3) is 0 Å². The standard InChI is InChI=1S/C17H20N4O/c1-20-10-12-21(13-11-20)17(22)15-4-2-3-5-16(15)19-14-6-8-18-9-7-14/h2-9H,10-13H2,1H3,(H,18,19). The van der Waals surface area contributed by atoms with Gasteiger partial charge in [0.05, 0.1) is 11.3 Å². The molecule has 2 heterocycles. The SMILES string of the molecule is CN1CCN(C(=O)c2ccccc2Nc2ccncc2)CC1. The van der Waals surface area contributed by atoms with Crippen LogP contribution in [0.1, 0.15) is 10.4 Å². The van der Waals surface area contributed by atoms with Crippen LogP contribution in [0, 0.1) is 0 Å². The monoisotopic (exact) mass is 296 g/mol. The summed E-state index contributed by atoms with van der Waals surface area (Å²) in [6.45, 7) is 3.40. The van der Waals surface area contributed by atoms with Crippen LogP contribution in [0.15, 0.2) is 48.8 Å². The van der Waals surface area contributed by atoms with E-state index in [1.54, 1.807) is 12.4 Å². The van der Waals surface area contributed by atoms with Crippen LogP contribution in [-0.4, -0.2) is 53.9 Å². The number of benzene rings is 1. The van der Waals surface area contributed by atoms with Crippen LogP contribution in [0.4, 0.5) is 11.4 Å². The summed E-state index contributed by atoms with van der Waals surface area (Å²) in [4.78, 5) is 20.9. The van der Waals surface area contributed by atoms with E-state index >= 15 is 0 Å². The zero-order chi connectivity index (χ0) is 15.4. The quantitative estimate of drug-likeness (QED) is 0.943. The van der Waals surface area contributed by atoms with Crippen molar-refractivity contribution in [3.63, 3.8) is 0 Å². The lowest BCUT2D eigenvalue weighted by Gasteiger charge is -2.32. The number of amides is 1. The maximum absolute atomic E-state index is 12.8. The van der Waals surface area contributed by atoms with Gasteiger partial charge in [0.2, 0.25) is 0 Å². The number of nitrogens with one attached hydrogen (secondary N) is 1. The Morgan fingerprint density at radius 1 is 1.05 bits per heavy atom. The molecule has 22 heavy (non-hydrogen) atoms. The first-order chi connectivity index (χ1) is 10.7. The van der Waals surface area contributed by atoms with Gasteiger partial charge in [-0.3, -0.25) is 9.78 Å². The molecule has 1 saturated heterocycles. The van der Waals surface area contributed by atoms with Crippen molar-refractivity contribution in [2.24, 2.45) is 0 Å². The predicted molar refractivity (Wildman–Crippen MR) is 87.4 cm³/mol. The molecule has 5 nitrogen and oxygen atoms in total. The van der Waals surface area contributed by atoms with E-state index in [9.17, 15) is 4.79 Å². The van der Waals surface area contributed by atoms with Gasteiger partial charge in [-0.15, -0.1) is 0 Å². The van der Waals surface area contributed by atoms with Gasteiger partial charge >= 0.3 is 0 Å². The third-order valence-corrected chi connectivity index (χ3v) is 3.91. The number of carbonyl (C=O) groups excluding carboxylic acids is 1. The highest BCUT2D eigenvalue weighted by Crippen LogP contribution is 2.22. The highest BCUT2D eigenvalue weighted by molar-refractivity contribution is 6.00. The normalized spacial score (nSPS) is 15.6. The van der Waals surface area contributed by atoms with Crippen LogP contribution in [0.5, 0.6) is 0 Å². The average Bonchev–Trinajstić information content (AvgIpc) is 2.56. The van der Waals surface area contributed by atoms with Crippen molar-refractivity contribution in [3.8, 4) is 0 Å². The molecule has 0 radical (unpaired) electrons. The number of piperazine rings is 1. The summed E-state index contributed by atoms with van der Waals surface area (Å²) < 4.78 is 0. The first kappa shape index (κ1) is 14.5. The van der Waals surface area contributed by atoms with Crippen LogP contribution in [-0.2, 0) is 0 Å². The first-order valence-corrected chi connectivity index (χ1v) is 7.48. The fourth-order valence-corrected chi connectivity index (χ4v) is 2.55. The van der Waals surface area contributed by atoms with Gasteiger partial charge < -0.3 is 15.1 Å². The van der Waals surface area contributed by atoms with E-state index in [1.807, 2.05) is 41.3 Å². The van der Waals surface area contributed by atoms with Crippen LogP contribution < -0.4 is 5.32 Å². The topological polar surface area (TPSA) is 48.5 Å². The van der Waals surface area contributed by atoms with Gasteiger partial charge in [0.25, 0.3) is 5.91 Å². The average molecular weight is 296 g/mol. The van der Waals surface area contributed by atoms with E-state index in [2.05, 4.69) is 22.2 Å². The molecule has 0 saturated carbocycles. The molecule has 1 N–H and O–H groups in total. The summed E-state index contributed by atoms with van der Waals surface area (Å²) >= 11 is 0. The molecule has 2 aromatic rings. The molecule has 3 rings (SSSR count). The minimum atomic E-state index is 0.0882. The van der Waals surface area contributed by atoms with Crippen molar-refractivity contribution in [1.82, 2.24) is 14.8 Å². The molecule has 5 heteroatoms. The summed E-state index contributed by atoms with van der Waals surface area (Å²) in [6, 6.07) is 11.4. The third kappa shape index (κ3) is 3.26. The molecule has 0 atom stereocenters. The van der Waals surface area contributed by atoms with E-state index in [-0.39, 0.29) is 5.91 Å². The molecule has 1 fully saturated rings. The molecule has 0 aliphatic carbocycles. The Labute approximate surface area is 130 Å². The number of aromatic nitrogens is 1. The highest BCUT2D eigenvalue weighted by Gasteiger charge is 2.22. The van der Waals surface area contributed by atoms with E-state index in [4.69, 9.17) is 0 Å². The van der Waals surface area contributed by atoms with Gasteiger partial charge in [-0.2, -0.15) is 0 Å². The summed E-state index contributed by atoms with van der Waals surface area (Å²) in [5, 5.41) is 3.30. The second-order valence-electron chi connectivity index (χ2n) is 5.50. The molecular weight excluding hydrogens is 276 g/mol. The number of carbonyl (C=O) groups is 1. The largest absolute Gasteiger partial charge is 0.355 e. The summed E-state index contributed by atoms with van der Waals surface area (Å²) in [7, 11) is 2.08. The fourth-order valence-electron chi connectivity index (χ4n) is 2.55. The molecule has 0 spiro atoms. The zero-order valence-electron chi connectivity index (χ0n) is 12.7. The summed E-state index contributed by atoms with van der Waals surface area (Å²) in [5.41, 5.74) is 2.47. The smallest absolute Gasteiger partial charge is 0.256 e. The van der Waals surface area contributed by atoms with Gasteiger partial charge in [-0.1, -0.05) is 12.1 Å². The Kier molecular flexibility index (Phi) is 4.34. The second-order valence-corrected chi connectivity index (χ2v) is 5.50. The second kappa shape index (κ2) is 6.58. The van der Waals surface area contributed by atoms with Gasteiger partial charge in [0.1, 0.15) is 0 Å². The number of nitrogens with zero attached hydrogens (tertiary/aromatic N) is 3. The molecule has 114 valence electrons. The molecule has 0 bridgehead atoms. The van der Waals surface area contributed by atoms with Crippen LogP contribution >= 0.6 is 0 Å². The lowest BCUT2D eigenvalue weighted by molar-refractivity contribution is 0.0665. The van der Waals surface area contributed by atoms with Gasteiger partial charge in [-0.05, 0) is 31.3 Å². The molecule has 1 aliphatic heterocycles. The molecule has 1 aliphatic rings. The van der Waals surface area contributed by atoms with Gasteiger partial charge in [0.15, 0.2) is 0 Å². The fraction of sp³-hybridized carbons (Fsp3) is 0.294. The highest BCUT2D eigenvalue weighted by atomic mass is 16.2. The lowest BCUT2D eigenvalue weighted by atomic mass is 10.1. The molecule has 0 unspecified atom stereocenters. The summed E-state index contributed by atoms with van der Waals surface area (Å²) in [6.07, 6.45) is 3.46. The minimum Gasteiger partial charge on any atom is -0.355 e. The van der Waals surface area contributed by atoms with Crippen molar-refractivity contribution >= 4 is 17.3 Å². The van der Waals surface area contributed by atoms with Crippen molar-refractivity contribution in [3.05, 3.63) is 54.4 Å². The maximum Gasteiger partial charge on any atom is 0.256 e. The Hall–Kier alpha value is -2.40. The van der Waals surface area contributed by atoms with Gasteiger partial charge in [-0.25, -0.2) is 0 Å². The number of anilines is 2. The molecule has 1 amide bonds. The molecule has 1 aromatic carbocycles. The van der Waals surface area contributed by atoms with Crippen LogP contribution in [0.3, 0.4) is 0 Å². The van der Waals surface area contributed by atoms with Gasteiger partial charge in [0, 0.05) is 44.3 Å². The number of likely N-dealkylation sites (N-methyl/N-ethyl adjacent to an activating group) is 1. The van der Waals surface area contributed by atoms with Crippen molar-refractivity contribution in [2.45, 2.75) is 0 Å². The number of hydrogen-bond donors (Lipinski definition) is 1. The number of hydrogen-bond acceptors (Lipinski definition) is 4. The first-order valence-electron chi connectivity index (χ1n) is 7.48. The van der Waals surface area contributed by atoms with Crippen LogP contribution in [0.2, 0.25) is 0 Å². The number of pyridine rings is 1. The number of rotatable bonds is 3. The van der Waals surface area contributed by atoms with Crippen molar-refractivity contribution < 1.29 is 4.79 Å².